The molecule has 0 fully saturated rings. The van der Waals surface area contributed by atoms with Crippen molar-refractivity contribution < 1.29 is 13.9 Å². The highest BCUT2D eigenvalue weighted by Crippen LogP contribution is 2.40. The van der Waals surface area contributed by atoms with E-state index in [1.807, 2.05) is 76.2 Å². The second-order valence-electron chi connectivity index (χ2n) is 10.1. The van der Waals surface area contributed by atoms with Gasteiger partial charge in [0.25, 0.3) is 0 Å². The molecule has 0 saturated heterocycles. The molecule has 0 saturated carbocycles. The molecular formula is C32H33ClN8O3. The highest BCUT2D eigenvalue weighted by Gasteiger charge is 2.18. The molecule has 2 aromatic carbocycles. The summed E-state index contributed by atoms with van der Waals surface area (Å²) < 4.78 is 18.7. The maximum atomic E-state index is 8.35. The van der Waals surface area contributed by atoms with Gasteiger partial charge in [-0.25, -0.2) is 0 Å². The Balaban J connectivity index is 0.00000442. The maximum absolute atomic E-state index is 8.35. The van der Waals surface area contributed by atoms with Crippen LogP contribution in [0.1, 0.15) is 39.1 Å². The summed E-state index contributed by atoms with van der Waals surface area (Å²) in [4.78, 5) is 0. The van der Waals surface area contributed by atoms with Gasteiger partial charge in [0, 0.05) is 35.9 Å². The first-order valence-corrected chi connectivity index (χ1v) is 13.8. The number of ether oxygens (including phenoxy) is 2. The fourth-order valence-electron chi connectivity index (χ4n) is 4.22. The summed E-state index contributed by atoms with van der Waals surface area (Å²) in [5.74, 6) is 2.69. The van der Waals surface area contributed by atoms with Crippen LogP contribution in [0.3, 0.4) is 0 Å². The molecule has 226 valence electrons. The Morgan fingerprint density at radius 2 is 1.09 bits per heavy atom. The average Bonchev–Trinajstić information content (AvgIpc) is 3.47. The van der Waals surface area contributed by atoms with Crippen LogP contribution in [0.4, 0.5) is 11.4 Å². The highest BCUT2D eigenvalue weighted by atomic mass is 35.5. The summed E-state index contributed by atoms with van der Waals surface area (Å²) in [5, 5.41) is 38.5. The van der Waals surface area contributed by atoms with E-state index in [2.05, 4.69) is 31.0 Å². The predicted octanol–water partition coefficient (Wildman–Crippen LogP) is 7.06. The molecule has 0 amide bonds. The van der Waals surface area contributed by atoms with Crippen LogP contribution < -0.4 is 20.1 Å². The van der Waals surface area contributed by atoms with Crippen molar-refractivity contribution in [3.63, 3.8) is 0 Å². The molecule has 0 aliphatic carbocycles. The van der Waals surface area contributed by atoms with Crippen LogP contribution in [-0.2, 0) is 0 Å². The highest BCUT2D eigenvalue weighted by molar-refractivity contribution is 6.05. The third kappa shape index (κ3) is 7.75. The van der Waals surface area contributed by atoms with E-state index in [0.29, 0.717) is 45.8 Å². The molecule has 12 heteroatoms. The zero-order valence-electron chi connectivity index (χ0n) is 24.7. The first kappa shape index (κ1) is 31.6. The van der Waals surface area contributed by atoms with Crippen molar-refractivity contribution in [2.24, 2.45) is 0 Å². The number of furan rings is 1. The number of nitrogens with zero attached hydrogens (tertiary/aromatic N) is 4. The summed E-state index contributed by atoms with van der Waals surface area (Å²) >= 11 is 0. The molecule has 3 heterocycles. The third-order valence-corrected chi connectivity index (χ3v) is 6.02. The van der Waals surface area contributed by atoms with Crippen molar-refractivity contribution in [2.45, 2.75) is 39.9 Å². The van der Waals surface area contributed by atoms with E-state index >= 15 is 0 Å². The van der Waals surface area contributed by atoms with Gasteiger partial charge in [-0.15, -0.1) is 22.6 Å². The molecule has 5 rings (SSSR count). The molecule has 0 bridgehead atoms. The molecule has 0 radical (unpaired) electrons. The maximum Gasteiger partial charge on any atom is 0.150 e. The van der Waals surface area contributed by atoms with Crippen molar-refractivity contribution in [3.05, 3.63) is 96.6 Å². The van der Waals surface area contributed by atoms with E-state index < -0.39 is 0 Å². The summed E-state index contributed by atoms with van der Waals surface area (Å²) in [7, 11) is 0. The van der Waals surface area contributed by atoms with E-state index in [4.69, 9.17) is 24.7 Å². The number of halogens is 1. The number of anilines is 2. The molecule has 0 aliphatic heterocycles. The van der Waals surface area contributed by atoms with Crippen LogP contribution in [0.5, 0.6) is 11.5 Å². The molecule has 0 spiro atoms. The molecule has 5 aromatic rings. The fraction of sp³-hybridized carbons (Fsp3) is 0.188. The zero-order valence-corrected chi connectivity index (χ0v) is 25.5. The Labute approximate surface area is 261 Å². The fourth-order valence-corrected chi connectivity index (χ4v) is 4.22. The van der Waals surface area contributed by atoms with Gasteiger partial charge in [0.2, 0.25) is 0 Å². The minimum atomic E-state index is -0.0884. The van der Waals surface area contributed by atoms with Gasteiger partial charge in [-0.05, 0) is 88.4 Å². The lowest BCUT2D eigenvalue weighted by molar-refractivity contribution is 0.243. The normalized spacial score (nSPS) is 10.7. The van der Waals surface area contributed by atoms with Gasteiger partial charge >= 0.3 is 0 Å². The number of amidine groups is 2. The number of rotatable bonds is 10. The Kier molecular flexibility index (Phi) is 10.3. The quantitative estimate of drug-likeness (QED) is 0.0957. The van der Waals surface area contributed by atoms with Crippen molar-refractivity contribution in [3.8, 4) is 34.1 Å². The Bertz CT molecular complexity index is 1600. The largest absolute Gasteiger partial charge is 0.490 e. The van der Waals surface area contributed by atoms with Gasteiger partial charge in [-0.2, -0.15) is 10.2 Å². The van der Waals surface area contributed by atoms with Crippen molar-refractivity contribution >= 4 is 35.5 Å². The van der Waals surface area contributed by atoms with Crippen LogP contribution >= 0.6 is 12.4 Å². The van der Waals surface area contributed by atoms with Crippen LogP contribution in [-0.4, -0.2) is 44.3 Å². The van der Waals surface area contributed by atoms with E-state index in [1.54, 1.807) is 36.7 Å². The van der Waals surface area contributed by atoms with Gasteiger partial charge in [0.15, 0.2) is 11.7 Å². The van der Waals surface area contributed by atoms with Crippen LogP contribution in [0.25, 0.3) is 22.6 Å². The topological polar surface area (TPSA) is 155 Å². The van der Waals surface area contributed by atoms with Crippen molar-refractivity contribution in [2.75, 3.05) is 10.6 Å². The van der Waals surface area contributed by atoms with Crippen LogP contribution in [0.15, 0.2) is 89.6 Å². The predicted molar refractivity (Wildman–Crippen MR) is 173 cm³/mol. The smallest absolute Gasteiger partial charge is 0.150 e. The standard InChI is InChI=1S/C32H32N8O3.ClH/c1-19(2)41-29-17-21(37-31(33)25-7-5-15-35-39-25)9-11-23(29)27-13-14-28(43-27)24-12-10-22(18-30(24)42-20(3)4)38-32(34)26-8-6-16-36-40-26;/h5-20H,1-4H3,(H2,33,37)(H2,34,38);1H. The van der Waals surface area contributed by atoms with Crippen LogP contribution in [0.2, 0.25) is 0 Å². The van der Waals surface area contributed by atoms with E-state index in [9.17, 15) is 0 Å². The lowest BCUT2D eigenvalue weighted by Crippen LogP contribution is -2.14. The number of aromatic nitrogens is 4. The first-order valence-electron chi connectivity index (χ1n) is 13.8. The SMILES string of the molecule is CC(C)Oc1cc(NC(=N)c2cccnn2)ccc1-c1ccc(-c2ccc(NC(=N)c3cccnn3)cc2OC(C)C)o1.Cl. The molecule has 0 atom stereocenters. The number of nitrogens with one attached hydrogen (secondary N) is 4. The van der Waals surface area contributed by atoms with Crippen molar-refractivity contribution in [1.82, 2.24) is 20.4 Å². The first-order chi connectivity index (χ1) is 20.8. The van der Waals surface area contributed by atoms with Crippen LogP contribution in [0, 0.1) is 10.8 Å². The minimum absolute atomic E-state index is 0. The lowest BCUT2D eigenvalue weighted by atomic mass is 10.1. The summed E-state index contributed by atoms with van der Waals surface area (Å²) in [6.07, 6.45) is 2.95. The van der Waals surface area contributed by atoms with Gasteiger partial charge < -0.3 is 24.5 Å². The minimum Gasteiger partial charge on any atom is -0.490 e. The van der Waals surface area contributed by atoms with Gasteiger partial charge in [0.05, 0.1) is 23.3 Å². The summed E-state index contributed by atoms with van der Waals surface area (Å²) in [6, 6.07) is 21.8. The number of hydrogen-bond acceptors (Lipinski definition) is 9. The van der Waals surface area contributed by atoms with E-state index in [1.165, 1.54) is 0 Å². The molecule has 11 nitrogen and oxygen atoms in total. The Morgan fingerprint density at radius 1 is 0.659 bits per heavy atom. The van der Waals surface area contributed by atoms with Crippen molar-refractivity contribution in [1.29, 1.82) is 10.8 Å². The molecule has 0 aliphatic rings. The third-order valence-electron chi connectivity index (χ3n) is 6.02. The second-order valence-corrected chi connectivity index (χ2v) is 10.1. The number of hydrogen-bond donors (Lipinski definition) is 4. The molecule has 4 N–H and O–H groups in total. The lowest BCUT2D eigenvalue weighted by Gasteiger charge is -2.16. The molecular weight excluding hydrogens is 580 g/mol. The van der Waals surface area contributed by atoms with Gasteiger partial charge in [0.1, 0.15) is 34.4 Å². The molecule has 44 heavy (non-hydrogen) atoms. The molecule has 3 aromatic heterocycles. The van der Waals surface area contributed by atoms with E-state index in [0.717, 1.165) is 11.1 Å². The van der Waals surface area contributed by atoms with E-state index in [-0.39, 0.29) is 36.3 Å². The van der Waals surface area contributed by atoms with Gasteiger partial charge in [-0.3, -0.25) is 10.8 Å². The summed E-state index contributed by atoms with van der Waals surface area (Å²) in [6.45, 7) is 7.81. The number of benzene rings is 2. The van der Waals surface area contributed by atoms with Gasteiger partial charge in [-0.1, -0.05) is 0 Å². The average molecular weight is 613 g/mol. The Morgan fingerprint density at radius 3 is 1.45 bits per heavy atom. The zero-order chi connectivity index (χ0) is 30.3. The second kappa shape index (κ2) is 14.3. The Hall–Kier alpha value is -5.29. The monoisotopic (exact) mass is 612 g/mol. The summed E-state index contributed by atoms with van der Waals surface area (Å²) in [5.41, 5.74) is 3.73. The molecule has 0 unspecified atom stereocenters.